The molecule has 2 unspecified atom stereocenters. The van der Waals surface area contributed by atoms with Gasteiger partial charge in [-0.15, -0.1) is 6.42 Å². The summed E-state index contributed by atoms with van der Waals surface area (Å²) in [6, 6.07) is 102. The largest absolute Gasteiger partial charge is 0.309 e. The van der Waals surface area contributed by atoms with E-state index in [0.717, 1.165) is 65.6 Å². The molecule has 412 valence electrons. The third kappa shape index (κ3) is 11.8. The fourth-order valence-corrected chi connectivity index (χ4v) is 22.4. The summed E-state index contributed by atoms with van der Waals surface area (Å²) in [4.78, 5) is 0. The standard InChI is InChI=1S/C37H30O2P2.C32H24O2P2.C8H6/c38-40(30-15-5-1-6-16-30,31-17-7-2-8-18-31)35-24-14-13-23-34(35)36-28-25-26-29(27-28)37(36)41(39,32-19-9-3-10-20-32)33-21-11-4-12-22-33;33-35(28-16-5-1-6-17-28,29-18-7-2-8-19-29)26-25-27-15-13-14-24-32(27)36(34,30-20-9-3-10-21-30)31-22-11-4-12-23-31;1-2-8-6-4-3-5-7-8/h1-26,28-29H,27H2;1-24H;1,3-7H. The summed E-state index contributed by atoms with van der Waals surface area (Å²) in [6.45, 7) is 0. The van der Waals surface area contributed by atoms with Gasteiger partial charge in [-0.3, -0.25) is 4.57 Å². The van der Waals surface area contributed by atoms with E-state index in [0.29, 0.717) is 21.5 Å². The Labute approximate surface area is 500 Å². The Hall–Kier alpha value is -9.06. The second kappa shape index (κ2) is 26.2. The van der Waals surface area contributed by atoms with E-state index in [-0.39, 0.29) is 11.8 Å². The number of hydrogen-bond donors (Lipinski definition) is 0. The molecule has 0 saturated heterocycles. The number of allylic oxidation sites excluding steroid dienone is 4. The summed E-state index contributed by atoms with van der Waals surface area (Å²) in [5.41, 5.74) is 6.72. The molecule has 8 heteroatoms. The average Bonchev–Trinajstić information content (AvgIpc) is 2.02. The molecule has 0 heterocycles. The van der Waals surface area contributed by atoms with E-state index >= 15 is 9.13 Å². The molecule has 0 aromatic heterocycles. The second-order valence-electron chi connectivity index (χ2n) is 20.5. The van der Waals surface area contributed by atoms with Crippen LogP contribution in [0.4, 0.5) is 0 Å². The van der Waals surface area contributed by atoms with Crippen LogP contribution in [0.1, 0.15) is 23.1 Å². The fraction of sp³-hybridized carbons (Fsp3) is 0.0390. The third-order valence-electron chi connectivity index (χ3n) is 15.4. The Bertz CT molecular complexity index is 4270. The minimum atomic E-state index is -3.26. The molecular formula is C77H60O4P4. The van der Waals surface area contributed by atoms with Gasteiger partial charge in [0, 0.05) is 81.3 Å². The molecule has 4 nitrogen and oxygen atoms in total. The lowest BCUT2D eigenvalue weighted by Crippen LogP contribution is -2.28. The number of benzene rings is 11. The normalized spacial score (nSPS) is 14.3. The van der Waals surface area contributed by atoms with E-state index in [9.17, 15) is 9.13 Å². The van der Waals surface area contributed by atoms with Crippen molar-refractivity contribution in [3.05, 3.63) is 356 Å². The Morgan fingerprint density at radius 2 is 0.624 bits per heavy atom. The Morgan fingerprint density at radius 1 is 0.318 bits per heavy atom. The van der Waals surface area contributed by atoms with Crippen LogP contribution < -0.4 is 53.0 Å². The highest BCUT2D eigenvalue weighted by Gasteiger charge is 2.47. The van der Waals surface area contributed by atoms with Gasteiger partial charge in [0.15, 0.2) is 21.4 Å². The first-order chi connectivity index (χ1) is 41.7. The summed E-state index contributed by atoms with van der Waals surface area (Å²) in [5, 5.41) is 8.54. The molecule has 0 saturated carbocycles. The zero-order valence-electron chi connectivity index (χ0n) is 46.6. The van der Waals surface area contributed by atoms with E-state index in [4.69, 9.17) is 6.42 Å². The third-order valence-corrected chi connectivity index (χ3v) is 27.5. The zero-order chi connectivity index (χ0) is 58.5. The van der Waals surface area contributed by atoms with Gasteiger partial charge in [0.2, 0.25) is 7.14 Å². The van der Waals surface area contributed by atoms with E-state index in [1.54, 1.807) is 0 Å². The zero-order valence-corrected chi connectivity index (χ0v) is 50.2. The van der Waals surface area contributed by atoms with Crippen LogP contribution in [0.5, 0.6) is 0 Å². The molecular weight excluding hydrogens is 1110 g/mol. The van der Waals surface area contributed by atoms with Crippen molar-refractivity contribution < 1.29 is 18.3 Å². The molecule has 2 aliphatic rings. The van der Waals surface area contributed by atoms with Gasteiger partial charge >= 0.3 is 0 Å². The molecule has 85 heavy (non-hydrogen) atoms. The second-order valence-corrected chi connectivity index (χ2v) is 31.2. The van der Waals surface area contributed by atoms with Crippen molar-refractivity contribution in [3.8, 4) is 23.9 Å². The maximum absolute atomic E-state index is 15.7. The lowest BCUT2D eigenvalue weighted by molar-refractivity contribution is 0.587. The first-order valence-electron chi connectivity index (χ1n) is 28.2. The van der Waals surface area contributed by atoms with Gasteiger partial charge in [-0.05, 0) is 47.5 Å². The smallest absolute Gasteiger partial charge is 0.211 e. The van der Waals surface area contributed by atoms with E-state index in [2.05, 4.69) is 35.7 Å². The summed E-state index contributed by atoms with van der Waals surface area (Å²) < 4.78 is 60.7. The summed E-state index contributed by atoms with van der Waals surface area (Å²) >= 11 is 0. The van der Waals surface area contributed by atoms with Crippen LogP contribution in [0.2, 0.25) is 0 Å². The number of hydrogen-bond acceptors (Lipinski definition) is 4. The van der Waals surface area contributed by atoms with Crippen molar-refractivity contribution in [2.24, 2.45) is 11.8 Å². The Morgan fingerprint density at radius 3 is 1.01 bits per heavy atom. The molecule has 13 rings (SSSR count). The van der Waals surface area contributed by atoms with Crippen LogP contribution in [-0.4, -0.2) is 0 Å². The van der Waals surface area contributed by atoms with E-state index in [1.807, 2.05) is 315 Å². The van der Waals surface area contributed by atoms with Crippen molar-refractivity contribution in [2.75, 3.05) is 0 Å². The number of fused-ring (bicyclic) bond motifs is 2. The van der Waals surface area contributed by atoms with Gasteiger partial charge in [-0.1, -0.05) is 321 Å². The first kappa shape index (κ1) is 57.7. The van der Waals surface area contributed by atoms with Crippen LogP contribution >= 0.6 is 28.6 Å². The minimum Gasteiger partial charge on any atom is -0.309 e. The van der Waals surface area contributed by atoms with Crippen molar-refractivity contribution >= 4 is 87.2 Å². The lowest BCUT2D eigenvalue weighted by Gasteiger charge is -2.29. The van der Waals surface area contributed by atoms with Gasteiger partial charge in [0.05, 0.1) is 0 Å². The lowest BCUT2D eigenvalue weighted by atomic mass is 9.95. The molecule has 11 aromatic rings. The molecule has 0 spiro atoms. The Kier molecular flexibility index (Phi) is 17.8. The molecule has 0 fully saturated rings. The van der Waals surface area contributed by atoms with Crippen LogP contribution in [0.3, 0.4) is 0 Å². The SMILES string of the molecule is C#Cc1ccccc1.O=P(C#Cc1ccccc1P(=O)(c1ccccc1)c1ccccc1)(c1ccccc1)c1ccccc1.O=P(C1=C(c2ccccc2P(=O)(c2ccccc2)c2ccccc2)C2C=CC1C2)(c1ccccc1)c1ccccc1. The maximum atomic E-state index is 15.7. The number of rotatable bonds is 12. The van der Waals surface area contributed by atoms with E-state index < -0.39 is 28.6 Å². The Balaban J connectivity index is 0.000000157. The van der Waals surface area contributed by atoms with Gasteiger partial charge in [0.25, 0.3) is 0 Å². The van der Waals surface area contributed by atoms with Crippen molar-refractivity contribution in [1.82, 2.24) is 0 Å². The molecule has 2 aliphatic carbocycles. The highest BCUT2D eigenvalue weighted by atomic mass is 31.2. The fourth-order valence-electron chi connectivity index (χ4n) is 11.4. The highest BCUT2D eigenvalue weighted by molar-refractivity contribution is 7.86. The van der Waals surface area contributed by atoms with Crippen LogP contribution in [0.15, 0.2) is 339 Å². The van der Waals surface area contributed by atoms with Crippen molar-refractivity contribution in [1.29, 1.82) is 0 Å². The predicted molar refractivity (Wildman–Crippen MR) is 360 cm³/mol. The van der Waals surface area contributed by atoms with Crippen molar-refractivity contribution in [2.45, 2.75) is 6.42 Å². The first-order valence-corrected chi connectivity index (χ1v) is 35.0. The van der Waals surface area contributed by atoms with Crippen LogP contribution in [0, 0.1) is 35.8 Å². The topological polar surface area (TPSA) is 68.3 Å². The van der Waals surface area contributed by atoms with Crippen LogP contribution in [-0.2, 0) is 18.3 Å². The molecule has 0 N–H and O–H groups in total. The molecule has 11 aromatic carbocycles. The van der Waals surface area contributed by atoms with Gasteiger partial charge in [0.1, 0.15) is 0 Å². The van der Waals surface area contributed by atoms with Gasteiger partial charge in [-0.2, -0.15) is 0 Å². The van der Waals surface area contributed by atoms with Crippen LogP contribution in [0.25, 0.3) is 5.57 Å². The van der Waals surface area contributed by atoms with Crippen molar-refractivity contribution in [3.63, 3.8) is 0 Å². The minimum absolute atomic E-state index is 0.0714. The average molecular weight is 1170 g/mol. The maximum Gasteiger partial charge on any atom is 0.211 e. The summed E-state index contributed by atoms with van der Waals surface area (Å²) in [5.74, 6) is 5.93. The van der Waals surface area contributed by atoms with Gasteiger partial charge in [-0.25, -0.2) is 0 Å². The summed E-state index contributed by atoms with van der Waals surface area (Å²) in [7, 11) is -13.0. The van der Waals surface area contributed by atoms with Gasteiger partial charge < -0.3 is 13.7 Å². The molecule has 2 bridgehead atoms. The molecule has 0 aliphatic heterocycles. The monoisotopic (exact) mass is 1170 g/mol. The summed E-state index contributed by atoms with van der Waals surface area (Å²) in [6.07, 6.45) is 10.5. The number of terminal acetylenes is 1. The predicted octanol–water partition coefficient (Wildman–Crippen LogP) is 14.6. The molecule has 0 radical (unpaired) electrons. The quantitative estimate of drug-likeness (QED) is 0.0694. The molecule has 0 amide bonds. The van der Waals surface area contributed by atoms with E-state index in [1.165, 1.54) is 0 Å². The molecule has 2 atom stereocenters. The highest BCUT2D eigenvalue weighted by Crippen LogP contribution is 2.66.